The van der Waals surface area contributed by atoms with Gasteiger partial charge < -0.3 is 14.6 Å². The van der Waals surface area contributed by atoms with Crippen molar-refractivity contribution in [3.63, 3.8) is 0 Å². The summed E-state index contributed by atoms with van der Waals surface area (Å²) in [6.07, 6.45) is -10.2. The van der Waals surface area contributed by atoms with Gasteiger partial charge in [-0.2, -0.15) is 13.2 Å². The fourth-order valence-corrected chi connectivity index (χ4v) is 2.15. The number of hydrogen-bond acceptors (Lipinski definition) is 3. The van der Waals surface area contributed by atoms with Gasteiger partial charge in [-0.05, 0) is 24.3 Å². The lowest BCUT2D eigenvalue weighted by Gasteiger charge is -2.15. The smallest absolute Gasteiger partial charge is 0.477 e. The molecule has 0 spiro atoms. The number of carbonyl (C=O) groups is 1. The number of ether oxygens (including phenoxy) is 2. The molecule has 2 aromatic carbocycles. The first kappa shape index (κ1) is 20.6. The number of carboxylic acid groups (broad SMARTS) is 1. The molecule has 0 aliphatic rings. The average molecular weight is 419 g/mol. The highest BCUT2D eigenvalue weighted by Crippen LogP contribution is 2.39. The number of hydrogen-bond donors (Lipinski definition) is 1. The lowest BCUT2D eigenvalue weighted by molar-refractivity contribution is -0.274. The van der Waals surface area contributed by atoms with Crippen molar-refractivity contribution in [1.82, 2.24) is 0 Å². The topological polar surface area (TPSA) is 55.8 Å². The summed E-state index contributed by atoms with van der Waals surface area (Å²) >= 11 is 5.69. The van der Waals surface area contributed by atoms with Crippen LogP contribution < -0.4 is 9.47 Å². The minimum atomic E-state index is -5.15. The Balaban J connectivity index is 2.43. The fourth-order valence-electron chi connectivity index (χ4n) is 1.94. The molecule has 0 amide bonds. The number of benzene rings is 2. The zero-order valence-electron chi connectivity index (χ0n) is 12.6. The molecule has 1 N–H and O–H groups in total. The Labute approximate surface area is 150 Å². The Hall–Kier alpha value is -2.69. The van der Waals surface area contributed by atoms with Crippen molar-refractivity contribution < 1.29 is 50.1 Å². The normalized spacial score (nSPS) is 12.0. The molecule has 0 aromatic heterocycles. The van der Waals surface area contributed by atoms with Gasteiger partial charge in [0.25, 0.3) is 0 Å². The predicted octanol–water partition coefficient (Wildman–Crippen LogP) is 5.89. The van der Waals surface area contributed by atoms with Gasteiger partial charge in [-0.1, -0.05) is 11.6 Å². The molecule has 0 saturated heterocycles. The van der Waals surface area contributed by atoms with Gasteiger partial charge in [0, 0.05) is 6.07 Å². The van der Waals surface area contributed by atoms with E-state index in [1.54, 1.807) is 0 Å². The van der Waals surface area contributed by atoms with Crippen molar-refractivity contribution in [2.75, 3.05) is 0 Å². The summed E-state index contributed by atoms with van der Waals surface area (Å²) in [7, 11) is 0. The van der Waals surface area contributed by atoms with Gasteiger partial charge in [0.1, 0.15) is 22.8 Å². The van der Waals surface area contributed by atoms with Gasteiger partial charge >= 0.3 is 18.5 Å². The standard InChI is InChI=1S/C15H6ClF7O4/c16-8-5-6(27-15(21,22)23)1-3-9(8)26-10-4-2-7(14(18,19)20)12(17)11(10)13(24)25/h1-5H,(H,24,25). The van der Waals surface area contributed by atoms with Crippen LogP contribution in [0.15, 0.2) is 30.3 Å². The second kappa shape index (κ2) is 7.14. The van der Waals surface area contributed by atoms with Gasteiger partial charge in [0.15, 0.2) is 5.82 Å². The number of halogens is 8. The molecule has 0 saturated carbocycles. The molecule has 4 nitrogen and oxygen atoms in total. The van der Waals surface area contributed by atoms with Crippen LogP contribution in [-0.4, -0.2) is 17.4 Å². The zero-order valence-corrected chi connectivity index (χ0v) is 13.3. The van der Waals surface area contributed by atoms with Crippen molar-refractivity contribution in [3.8, 4) is 17.2 Å². The highest BCUT2D eigenvalue weighted by atomic mass is 35.5. The molecular formula is C15H6ClF7O4. The number of rotatable bonds is 4. The van der Waals surface area contributed by atoms with Crippen molar-refractivity contribution in [3.05, 3.63) is 52.3 Å². The maximum Gasteiger partial charge on any atom is 0.573 e. The molecule has 0 heterocycles. The second-order valence-corrected chi connectivity index (χ2v) is 5.25. The average Bonchev–Trinajstić information content (AvgIpc) is 2.46. The molecule has 0 bridgehead atoms. The molecule has 0 atom stereocenters. The Morgan fingerprint density at radius 3 is 2.07 bits per heavy atom. The van der Waals surface area contributed by atoms with E-state index in [2.05, 4.69) is 4.74 Å². The van der Waals surface area contributed by atoms with Crippen LogP contribution in [0.25, 0.3) is 0 Å². The summed E-state index contributed by atoms with van der Waals surface area (Å²) in [6.45, 7) is 0. The molecule has 0 fully saturated rings. The van der Waals surface area contributed by atoms with E-state index in [-0.39, 0.29) is 6.07 Å². The lowest BCUT2D eigenvalue weighted by Crippen LogP contribution is -2.17. The Morgan fingerprint density at radius 2 is 1.59 bits per heavy atom. The number of aromatic carboxylic acids is 1. The van der Waals surface area contributed by atoms with Gasteiger partial charge in [0.2, 0.25) is 0 Å². The van der Waals surface area contributed by atoms with Gasteiger partial charge in [-0.3, -0.25) is 0 Å². The predicted molar refractivity (Wildman–Crippen MR) is 76.6 cm³/mol. The van der Waals surface area contributed by atoms with Crippen LogP contribution in [-0.2, 0) is 6.18 Å². The van der Waals surface area contributed by atoms with Crippen LogP contribution in [0.2, 0.25) is 5.02 Å². The number of carboxylic acids is 1. The minimum absolute atomic E-state index is 0.256. The summed E-state index contributed by atoms with van der Waals surface area (Å²) in [5.74, 6) is -6.13. The summed E-state index contributed by atoms with van der Waals surface area (Å²) in [6, 6.07) is 3.07. The molecule has 0 radical (unpaired) electrons. The van der Waals surface area contributed by atoms with Crippen molar-refractivity contribution in [1.29, 1.82) is 0 Å². The van der Waals surface area contributed by atoms with E-state index in [0.29, 0.717) is 12.1 Å². The summed E-state index contributed by atoms with van der Waals surface area (Å²) in [4.78, 5) is 11.1. The van der Waals surface area contributed by atoms with Crippen molar-refractivity contribution in [2.24, 2.45) is 0 Å². The highest BCUT2D eigenvalue weighted by Gasteiger charge is 2.37. The van der Waals surface area contributed by atoms with Crippen molar-refractivity contribution in [2.45, 2.75) is 12.5 Å². The molecule has 12 heteroatoms. The van der Waals surface area contributed by atoms with E-state index in [0.717, 1.165) is 12.1 Å². The first-order valence-electron chi connectivity index (χ1n) is 6.65. The fraction of sp³-hybridized carbons (Fsp3) is 0.133. The summed E-state index contributed by atoms with van der Waals surface area (Å²) in [5, 5.41) is 8.50. The van der Waals surface area contributed by atoms with Gasteiger partial charge in [0.05, 0.1) is 10.6 Å². The molecule has 0 unspecified atom stereocenters. The largest absolute Gasteiger partial charge is 0.573 e. The molecule has 0 aliphatic carbocycles. The second-order valence-electron chi connectivity index (χ2n) is 4.85. The third-order valence-electron chi connectivity index (χ3n) is 2.98. The summed E-state index contributed by atoms with van der Waals surface area (Å²) in [5.41, 5.74) is -3.25. The molecule has 146 valence electrons. The van der Waals surface area contributed by atoms with Gasteiger partial charge in [-0.25, -0.2) is 9.18 Å². The Morgan fingerprint density at radius 1 is 1.00 bits per heavy atom. The third-order valence-corrected chi connectivity index (χ3v) is 3.28. The summed E-state index contributed by atoms with van der Waals surface area (Å²) < 4.78 is 97.1. The first-order chi connectivity index (χ1) is 12.3. The maximum atomic E-state index is 14.0. The minimum Gasteiger partial charge on any atom is -0.477 e. The quantitative estimate of drug-likeness (QED) is 0.629. The van der Waals surface area contributed by atoms with Gasteiger partial charge in [-0.15, -0.1) is 13.2 Å². The van der Waals surface area contributed by atoms with Crippen LogP contribution in [0, 0.1) is 5.82 Å². The maximum absolute atomic E-state index is 14.0. The highest BCUT2D eigenvalue weighted by molar-refractivity contribution is 6.32. The molecular weight excluding hydrogens is 413 g/mol. The molecule has 0 aliphatic heterocycles. The van der Waals surface area contributed by atoms with Crippen LogP contribution >= 0.6 is 11.6 Å². The van der Waals surface area contributed by atoms with E-state index in [1.165, 1.54) is 0 Å². The monoisotopic (exact) mass is 418 g/mol. The SMILES string of the molecule is O=C(O)c1c(Oc2ccc(OC(F)(F)F)cc2Cl)ccc(C(F)(F)F)c1F. The van der Waals surface area contributed by atoms with E-state index >= 15 is 0 Å². The first-order valence-corrected chi connectivity index (χ1v) is 7.03. The molecule has 2 aromatic rings. The lowest BCUT2D eigenvalue weighted by atomic mass is 10.1. The van der Waals surface area contributed by atoms with Crippen LogP contribution in [0.3, 0.4) is 0 Å². The van der Waals surface area contributed by atoms with E-state index in [4.69, 9.17) is 21.4 Å². The number of alkyl halides is 6. The Bertz CT molecular complexity index is 878. The molecule has 2 rings (SSSR count). The molecule has 27 heavy (non-hydrogen) atoms. The third kappa shape index (κ3) is 4.94. The van der Waals surface area contributed by atoms with Crippen LogP contribution in [0.5, 0.6) is 17.2 Å². The van der Waals surface area contributed by atoms with Crippen molar-refractivity contribution >= 4 is 17.6 Å². The van der Waals surface area contributed by atoms with E-state index < -0.39 is 57.7 Å². The van der Waals surface area contributed by atoms with E-state index in [9.17, 15) is 35.5 Å². The van der Waals surface area contributed by atoms with Crippen LogP contribution in [0.1, 0.15) is 15.9 Å². The van der Waals surface area contributed by atoms with Crippen LogP contribution in [0.4, 0.5) is 30.7 Å². The zero-order chi connectivity index (χ0) is 20.6. The van der Waals surface area contributed by atoms with E-state index in [1.807, 2.05) is 0 Å². The Kier molecular flexibility index (Phi) is 5.45.